The van der Waals surface area contributed by atoms with Gasteiger partial charge in [-0.2, -0.15) is 15.0 Å². The van der Waals surface area contributed by atoms with Gasteiger partial charge in [-0.25, -0.2) is 0 Å². The van der Waals surface area contributed by atoms with Crippen LogP contribution in [0.25, 0.3) is 0 Å². The number of nitrogens with zero attached hydrogens (tertiary/aromatic N) is 2. The molecular weight excluding hydrogens is 172 g/mol. The van der Waals surface area contributed by atoms with E-state index in [0.717, 1.165) is 11.0 Å². The Bertz CT molecular complexity index is 285. The molecule has 1 aliphatic carbocycles. The van der Waals surface area contributed by atoms with Gasteiger partial charge in [-0.15, -0.1) is 0 Å². The Balaban J connectivity index is 2.23. The van der Waals surface area contributed by atoms with Crippen LogP contribution >= 0.6 is 10.0 Å². The van der Waals surface area contributed by atoms with E-state index in [4.69, 9.17) is 4.52 Å². The summed E-state index contributed by atoms with van der Waals surface area (Å²) < 4.78 is 5.21. The number of aromatic nitrogens is 2. The predicted molar refractivity (Wildman–Crippen MR) is 49.9 cm³/mol. The van der Waals surface area contributed by atoms with Gasteiger partial charge in [-0.3, -0.25) is 0 Å². The molecule has 2 rings (SSSR count). The van der Waals surface area contributed by atoms with Gasteiger partial charge in [0.1, 0.15) is 0 Å². The fourth-order valence-electron chi connectivity index (χ4n) is 0.976. The van der Waals surface area contributed by atoms with Crippen LogP contribution in [0, 0.1) is 0 Å². The molecule has 4 heteroatoms. The van der Waals surface area contributed by atoms with Crippen LogP contribution < -0.4 is 0 Å². The lowest BCUT2D eigenvalue weighted by atomic mass is 10.4. The minimum Gasteiger partial charge on any atom is -0.329 e. The second kappa shape index (κ2) is 2.49. The number of hydrogen-bond acceptors (Lipinski definition) is 3. The summed E-state index contributed by atoms with van der Waals surface area (Å²) in [7, 11) is -0.828. The lowest BCUT2D eigenvalue weighted by molar-refractivity contribution is 0.335. The average molecular weight is 186 g/mol. The van der Waals surface area contributed by atoms with Crippen LogP contribution in [-0.4, -0.2) is 28.9 Å². The van der Waals surface area contributed by atoms with Gasteiger partial charge in [0.2, 0.25) is 0 Å². The summed E-state index contributed by atoms with van der Waals surface area (Å²) in [5.41, 5.74) is 0. The summed E-state index contributed by atoms with van der Waals surface area (Å²) in [4.78, 5) is 4.40. The molecule has 0 spiro atoms. The number of hydrogen-bond donors (Lipinski definition) is 0. The molecule has 1 heterocycles. The molecule has 0 bridgehead atoms. The highest BCUT2D eigenvalue weighted by Gasteiger charge is 2.30. The molecular formula is C8H14N2OS. The fourth-order valence-corrected chi connectivity index (χ4v) is 1.60. The fraction of sp³-hybridized carbons (Fsp3) is 0.750. The summed E-state index contributed by atoms with van der Waals surface area (Å²) in [6, 6.07) is 0. The Morgan fingerprint density at radius 2 is 2.00 bits per heavy atom. The minimum absolute atomic E-state index is 0.601. The van der Waals surface area contributed by atoms with E-state index in [9.17, 15) is 0 Å². The number of rotatable bonds is 2. The Hall–Kier alpha value is -0.510. The third kappa shape index (κ3) is 1.48. The topological polar surface area (TPSA) is 38.9 Å². The van der Waals surface area contributed by atoms with Gasteiger partial charge in [0.05, 0.1) is 0 Å². The van der Waals surface area contributed by atoms with E-state index in [0.29, 0.717) is 5.92 Å². The third-order valence-electron chi connectivity index (χ3n) is 1.89. The van der Waals surface area contributed by atoms with E-state index in [2.05, 4.69) is 28.9 Å². The third-order valence-corrected chi connectivity index (χ3v) is 3.10. The lowest BCUT2D eigenvalue weighted by Crippen LogP contribution is -1.93. The molecule has 0 aliphatic heterocycles. The maximum atomic E-state index is 5.21. The predicted octanol–water partition coefficient (Wildman–Crippen LogP) is 2.00. The van der Waals surface area contributed by atoms with Crippen molar-refractivity contribution in [2.24, 2.45) is 0 Å². The Labute approximate surface area is 73.9 Å². The van der Waals surface area contributed by atoms with Crippen molar-refractivity contribution in [1.29, 1.82) is 0 Å². The molecule has 0 saturated heterocycles. The zero-order chi connectivity index (χ0) is 8.77. The van der Waals surface area contributed by atoms with Gasteiger partial charge in [-0.05, 0) is 31.6 Å². The van der Waals surface area contributed by atoms with Crippen LogP contribution in [0.2, 0.25) is 0 Å². The van der Waals surface area contributed by atoms with Gasteiger partial charge < -0.3 is 4.52 Å². The van der Waals surface area contributed by atoms with Crippen molar-refractivity contribution in [3.8, 4) is 0 Å². The van der Waals surface area contributed by atoms with Crippen molar-refractivity contribution >= 4 is 10.0 Å². The van der Waals surface area contributed by atoms with E-state index in [1.165, 1.54) is 12.8 Å². The first kappa shape index (κ1) is 8.10. The van der Waals surface area contributed by atoms with Gasteiger partial charge >= 0.3 is 0 Å². The summed E-state index contributed by atoms with van der Waals surface area (Å²) in [6.07, 6.45) is 8.96. The molecule has 1 saturated carbocycles. The lowest BCUT2D eigenvalue weighted by Gasteiger charge is -2.17. The molecule has 1 aromatic heterocycles. The van der Waals surface area contributed by atoms with Crippen molar-refractivity contribution in [1.82, 2.24) is 10.1 Å². The largest absolute Gasteiger partial charge is 0.329 e. The van der Waals surface area contributed by atoms with Crippen LogP contribution in [0.3, 0.4) is 0 Å². The van der Waals surface area contributed by atoms with Crippen molar-refractivity contribution in [2.75, 3.05) is 18.8 Å². The van der Waals surface area contributed by atoms with Gasteiger partial charge in [-0.1, -0.05) is 5.16 Å². The maximum absolute atomic E-state index is 5.21. The van der Waals surface area contributed by atoms with Crippen molar-refractivity contribution < 1.29 is 4.52 Å². The smallest absolute Gasteiger partial charge is 0.267 e. The molecule has 3 nitrogen and oxygen atoms in total. The zero-order valence-corrected chi connectivity index (χ0v) is 8.52. The quantitative estimate of drug-likeness (QED) is 0.709. The highest BCUT2D eigenvalue weighted by molar-refractivity contribution is 8.31. The summed E-state index contributed by atoms with van der Waals surface area (Å²) >= 11 is 0. The van der Waals surface area contributed by atoms with Crippen LogP contribution in [-0.2, 0) is 0 Å². The molecule has 12 heavy (non-hydrogen) atoms. The normalized spacial score (nSPS) is 19.6. The maximum Gasteiger partial charge on any atom is 0.267 e. The van der Waals surface area contributed by atoms with E-state index in [1.807, 2.05) is 0 Å². The monoisotopic (exact) mass is 186 g/mol. The van der Waals surface area contributed by atoms with Crippen molar-refractivity contribution in [3.63, 3.8) is 0 Å². The first-order valence-corrected chi connectivity index (χ1v) is 6.95. The van der Waals surface area contributed by atoms with Crippen molar-refractivity contribution in [3.05, 3.63) is 5.82 Å². The van der Waals surface area contributed by atoms with Gasteiger partial charge in [0, 0.05) is 5.92 Å². The summed E-state index contributed by atoms with van der Waals surface area (Å²) in [6.45, 7) is 0. The van der Waals surface area contributed by atoms with Crippen LogP contribution in [0.5, 0.6) is 0 Å². The average Bonchev–Trinajstić information content (AvgIpc) is 2.66. The highest BCUT2D eigenvalue weighted by atomic mass is 32.3. The first-order valence-electron chi connectivity index (χ1n) is 4.09. The Kier molecular flexibility index (Phi) is 1.68. The Morgan fingerprint density at radius 3 is 2.42 bits per heavy atom. The van der Waals surface area contributed by atoms with E-state index >= 15 is 0 Å². The van der Waals surface area contributed by atoms with E-state index < -0.39 is 10.0 Å². The molecule has 0 atom stereocenters. The van der Waals surface area contributed by atoms with Crippen LogP contribution in [0.15, 0.2) is 9.75 Å². The SMILES string of the molecule is CS(C)(C)c1nc(C2CC2)no1. The molecule has 0 radical (unpaired) electrons. The van der Waals surface area contributed by atoms with Crippen molar-refractivity contribution in [2.45, 2.75) is 24.0 Å². The highest BCUT2D eigenvalue weighted by Crippen LogP contribution is 2.46. The molecule has 0 aromatic carbocycles. The second-order valence-corrected chi connectivity index (χ2v) is 8.05. The molecule has 1 aromatic rings. The molecule has 68 valence electrons. The Morgan fingerprint density at radius 1 is 1.33 bits per heavy atom. The molecule has 1 aliphatic rings. The van der Waals surface area contributed by atoms with Crippen LogP contribution in [0.4, 0.5) is 0 Å². The minimum atomic E-state index is -0.828. The molecule has 0 amide bonds. The van der Waals surface area contributed by atoms with Gasteiger partial charge in [0.25, 0.3) is 5.22 Å². The zero-order valence-electron chi connectivity index (χ0n) is 7.70. The van der Waals surface area contributed by atoms with E-state index in [-0.39, 0.29) is 0 Å². The van der Waals surface area contributed by atoms with E-state index in [1.54, 1.807) is 0 Å². The summed E-state index contributed by atoms with van der Waals surface area (Å²) in [5, 5.41) is 4.82. The summed E-state index contributed by atoms with van der Waals surface area (Å²) in [5.74, 6) is 1.52. The molecule has 0 N–H and O–H groups in total. The van der Waals surface area contributed by atoms with Crippen LogP contribution in [0.1, 0.15) is 24.6 Å². The van der Waals surface area contributed by atoms with Gasteiger partial charge in [0.15, 0.2) is 5.82 Å². The first-order chi connectivity index (χ1) is 5.57. The standard InChI is InChI=1S/C8H14N2OS/c1-12(2,3)8-9-7(10-11-8)6-4-5-6/h6H,4-5H2,1-3H3. The molecule has 0 unspecified atom stereocenters. The molecule has 1 fully saturated rings. The second-order valence-electron chi connectivity index (χ2n) is 4.03.